The lowest BCUT2D eigenvalue weighted by molar-refractivity contribution is -0.139. The molecule has 11 heteroatoms. The first-order valence-electron chi connectivity index (χ1n) is 11.9. The Balaban J connectivity index is 1.45. The molecule has 0 radical (unpaired) electrons. The lowest BCUT2D eigenvalue weighted by Gasteiger charge is -2.17. The number of rotatable bonds is 10. The Morgan fingerprint density at radius 1 is 1.00 bits per heavy atom. The number of aryl methyl sites for hydroxylation is 1. The van der Waals surface area contributed by atoms with Gasteiger partial charge in [0.2, 0.25) is 0 Å². The molecule has 0 saturated carbocycles. The summed E-state index contributed by atoms with van der Waals surface area (Å²) in [5.74, 6) is -2.01. The van der Waals surface area contributed by atoms with Crippen LogP contribution in [0.15, 0.2) is 76.0 Å². The van der Waals surface area contributed by atoms with Gasteiger partial charge >= 0.3 is 5.97 Å². The van der Waals surface area contributed by atoms with Crippen LogP contribution in [0.1, 0.15) is 21.5 Å². The number of hydrogen-bond acceptors (Lipinski definition) is 5. The van der Waals surface area contributed by atoms with Crippen LogP contribution in [0.4, 0.5) is 0 Å². The van der Waals surface area contributed by atoms with Crippen LogP contribution < -0.4 is 10.8 Å². The van der Waals surface area contributed by atoms with E-state index in [0.717, 1.165) is 34.5 Å². The highest BCUT2D eigenvalue weighted by atomic mass is 35.5. The maximum absolute atomic E-state index is 13.0. The van der Waals surface area contributed by atoms with Gasteiger partial charge in [-0.15, -0.1) is 0 Å². The molecule has 1 amide bonds. The van der Waals surface area contributed by atoms with Crippen molar-refractivity contribution in [2.75, 3.05) is 19.1 Å². The van der Waals surface area contributed by atoms with Crippen molar-refractivity contribution in [1.82, 2.24) is 5.32 Å². The summed E-state index contributed by atoms with van der Waals surface area (Å²) in [5.41, 5.74) is 3.07. The second kappa shape index (κ2) is 12.1. The third-order valence-corrected chi connectivity index (χ3v) is 9.80. The van der Waals surface area contributed by atoms with Crippen molar-refractivity contribution in [3.8, 4) is 0 Å². The van der Waals surface area contributed by atoms with Crippen LogP contribution in [-0.2, 0) is 27.5 Å². The van der Waals surface area contributed by atoms with Crippen molar-refractivity contribution in [3.05, 3.63) is 93.5 Å². The van der Waals surface area contributed by atoms with E-state index < -0.39 is 35.7 Å². The molecule has 39 heavy (non-hydrogen) atoms. The van der Waals surface area contributed by atoms with Crippen molar-refractivity contribution in [2.45, 2.75) is 23.8 Å². The summed E-state index contributed by atoms with van der Waals surface area (Å²) >= 11 is 12.9. The number of amides is 1. The first-order valence-corrected chi connectivity index (χ1v) is 16.5. The lowest BCUT2D eigenvalue weighted by Crippen LogP contribution is -2.42. The summed E-state index contributed by atoms with van der Waals surface area (Å²) in [6.45, 7) is 2.13. The second-order valence-corrected chi connectivity index (χ2v) is 14.3. The minimum Gasteiger partial charge on any atom is -0.480 e. The van der Waals surface area contributed by atoms with E-state index in [1.165, 1.54) is 18.2 Å². The third-order valence-electron chi connectivity index (χ3n) is 6.22. The van der Waals surface area contributed by atoms with Crippen LogP contribution in [0.2, 0.25) is 10.0 Å². The Labute approximate surface area is 237 Å². The van der Waals surface area contributed by atoms with Gasteiger partial charge in [-0.25, -0.2) is 13.2 Å². The molecule has 7 nitrogen and oxygen atoms in total. The maximum Gasteiger partial charge on any atom is 0.326 e. The van der Waals surface area contributed by atoms with E-state index in [9.17, 15) is 23.1 Å². The molecule has 0 saturated heterocycles. The summed E-state index contributed by atoms with van der Waals surface area (Å²) in [7, 11) is -4.04. The quantitative estimate of drug-likeness (QED) is 0.229. The van der Waals surface area contributed by atoms with Gasteiger partial charge in [0, 0.05) is 18.1 Å². The highest BCUT2D eigenvalue weighted by Crippen LogP contribution is 2.34. The van der Waals surface area contributed by atoms with Gasteiger partial charge in [0.1, 0.15) is 17.1 Å². The average molecular weight is 606 g/mol. The molecular formula is C28H26Cl2NO6PS. The van der Waals surface area contributed by atoms with Gasteiger partial charge in [-0.3, -0.25) is 4.79 Å². The number of furan rings is 1. The molecule has 2 unspecified atom stereocenters. The summed E-state index contributed by atoms with van der Waals surface area (Å²) < 4.78 is 29.7. The van der Waals surface area contributed by atoms with Crippen molar-refractivity contribution < 1.29 is 27.5 Å². The van der Waals surface area contributed by atoms with Gasteiger partial charge in [-0.05, 0) is 74.7 Å². The zero-order valence-corrected chi connectivity index (χ0v) is 24.4. The maximum atomic E-state index is 13.0. The van der Waals surface area contributed by atoms with Crippen LogP contribution in [-0.4, -0.2) is 50.5 Å². The van der Waals surface area contributed by atoms with Crippen molar-refractivity contribution >= 4 is 69.3 Å². The van der Waals surface area contributed by atoms with E-state index in [-0.39, 0.29) is 26.9 Å². The first-order chi connectivity index (χ1) is 18.4. The number of halogens is 2. The van der Waals surface area contributed by atoms with E-state index in [2.05, 4.69) is 18.0 Å². The van der Waals surface area contributed by atoms with E-state index in [4.69, 9.17) is 27.6 Å². The Morgan fingerprint density at radius 2 is 1.69 bits per heavy atom. The number of carbonyl (C=O) groups excluding carboxylic acids is 1. The molecule has 0 fully saturated rings. The minimum absolute atomic E-state index is 0.0192. The summed E-state index contributed by atoms with van der Waals surface area (Å²) in [6.07, 6.45) is 2.42. The van der Waals surface area contributed by atoms with E-state index >= 15 is 0 Å². The standard InChI is InChI=1S/C28H26Cl2NO6PS/c1-38(25-16-19-7-3-4-9-24(19)37-25)11-10-18-13-21(29)26(22(30)14-18)27(32)31-23(28(33)34)15-17-6-5-8-20(12-17)39(2,35)36/h3-9,12-14,16,23H,10-11,15H2,1-2H3,(H,31,32)(H,33,34). The summed E-state index contributed by atoms with van der Waals surface area (Å²) in [6, 6.07) is 17.8. The number of sulfone groups is 1. The van der Waals surface area contributed by atoms with Crippen LogP contribution in [0.3, 0.4) is 0 Å². The average Bonchev–Trinajstić information content (AvgIpc) is 3.31. The molecule has 3 aromatic carbocycles. The number of fused-ring (bicyclic) bond motifs is 1. The number of hydrogen-bond donors (Lipinski definition) is 2. The Kier molecular flexibility index (Phi) is 9.02. The van der Waals surface area contributed by atoms with Gasteiger partial charge < -0.3 is 14.8 Å². The molecular weight excluding hydrogens is 580 g/mol. The number of para-hydroxylation sites is 1. The minimum atomic E-state index is -3.47. The highest BCUT2D eigenvalue weighted by molar-refractivity contribution is 7.90. The molecule has 2 atom stereocenters. The SMILES string of the molecule is CP(CCc1cc(Cl)c(C(=O)NC(Cc2cccc(S(C)(=O)=O)c2)C(=O)O)c(Cl)c1)c1cc2ccccc2o1. The van der Waals surface area contributed by atoms with Gasteiger partial charge in [-0.1, -0.05) is 53.5 Å². The first kappa shape index (κ1) is 29.1. The molecule has 0 aliphatic rings. The van der Waals surface area contributed by atoms with E-state index in [1.807, 2.05) is 24.3 Å². The molecule has 2 N–H and O–H groups in total. The molecule has 1 aromatic heterocycles. The molecule has 0 aliphatic heterocycles. The normalized spacial score (nSPS) is 13.2. The Morgan fingerprint density at radius 3 is 2.33 bits per heavy atom. The van der Waals surface area contributed by atoms with E-state index in [1.54, 1.807) is 18.2 Å². The number of aliphatic carboxylic acids is 1. The highest BCUT2D eigenvalue weighted by Gasteiger charge is 2.25. The fourth-order valence-corrected chi connectivity index (χ4v) is 6.94. The van der Waals surface area contributed by atoms with Crippen molar-refractivity contribution in [2.24, 2.45) is 0 Å². The number of carbonyl (C=O) groups is 2. The fraction of sp³-hybridized carbons (Fsp3) is 0.214. The molecule has 4 rings (SSSR count). The van der Waals surface area contributed by atoms with Crippen molar-refractivity contribution in [3.63, 3.8) is 0 Å². The molecule has 204 valence electrons. The van der Waals surface area contributed by atoms with Gasteiger partial charge in [0.25, 0.3) is 5.91 Å². The summed E-state index contributed by atoms with van der Waals surface area (Å²) in [4.78, 5) is 25.0. The zero-order valence-electron chi connectivity index (χ0n) is 21.1. The largest absolute Gasteiger partial charge is 0.480 e. The number of carboxylic acid groups (broad SMARTS) is 1. The number of nitrogens with one attached hydrogen (secondary N) is 1. The Hall–Kier alpha value is -2.90. The predicted octanol–water partition coefficient (Wildman–Crippen LogP) is 5.55. The van der Waals surface area contributed by atoms with Crippen molar-refractivity contribution in [1.29, 1.82) is 0 Å². The third kappa shape index (κ3) is 7.20. The van der Waals surface area contributed by atoms with Crippen LogP contribution in [0.5, 0.6) is 0 Å². The van der Waals surface area contributed by atoms with Gasteiger partial charge in [0.05, 0.1) is 20.5 Å². The van der Waals surface area contributed by atoms with Gasteiger partial charge in [-0.2, -0.15) is 0 Å². The zero-order chi connectivity index (χ0) is 28.3. The van der Waals surface area contributed by atoms with Crippen LogP contribution in [0, 0.1) is 0 Å². The van der Waals surface area contributed by atoms with Crippen LogP contribution >= 0.6 is 31.1 Å². The molecule has 4 aromatic rings. The smallest absolute Gasteiger partial charge is 0.326 e. The lowest BCUT2D eigenvalue weighted by atomic mass is 10.0. The fourth-order valence-electron chi connectivity index (χ4n) is 4.12. The Bertz CT molecular complexity index is 1600. The second-order valence-electron chi connectivity index (χ2n) is 9.22. The number of carboxylic acids is 1. The molecule has 0 aliphatic carbocycles. The van der Waals surface area contributed by atoms with E-state index in [0.29, 0.717) is 12.0 Å². The molecule has 0 spiro atoms. The summed E-state index contributed by atoms with van der Waals surface area (Å²) in [5, 5.41) is 13.4. The predicted molar refractivity (Wildman–Crippen MR) is 156 cm³/mol. The van der Waals surface area contributed by atoms with Gasteiger partial charge in [0.15, 0.2) is 9.84 Å². The topological polar surface area (TPSA) is 114 Å². The number of benzene rings is 3. The van der Waals surface area contributed by atoms with Crippen LogP contribution in [0.25, 0.3) is 11.0 Å². The molecule has 0 bridgehead atoms. The monoisotopic (exact) mass is 605 g/mol. The molecule has 1 heterocycles.